The van der Waals surface area contributed by atoms with Gasteiger partial charge in [0.2, 0.25) is 11.8 Å². The zero-order chi connectivity index (χ0) is 20.1. The van der Waals surface area contributed by atoms with E-state index in [9.17, 15) is 14.4 Å². The van der Waals surface area contributed by atoms with Crippen molar-refractivity contribution < 1.29 is 14.4 Å². The number of carbonyl (C=O) groups excluding carboxylic acids is 3. The molecule has 0 aromatic heterocycles. The molecule has 7 nitrogen and oxygen atoms in total. The summed E-state index contributed by atoms with van der Waals surface area (Å²) in [7, 11) is 0. The Hall–Kier alpha value is -2.25. The lowest BCUT2D eigenvalue weighted by Gasteiger charge is -2.36. The van der Waals surface area contributed by atoms with Gasteiger partial charge in [-0.15, -0.1) is 0 Å². The number of hydrogen-bond acceptors (Lipinski definition) is 5. The first-order valence-electron chi connectivity index (χ1n) is 10.0. The van der Waals surface area contributed by atoms with Crippen molar-refractivity contribution in [2.75, 3.05) is 13.1 Å². The zero-order valence-electron chi connectivity index (χ0n) is 16.5. The number of nitrogens with two attached hydrogens (primary N) is 1. The van der Waals surface area contributed by atoms with Crippen molar-refractivity contribution in [1.82, 2.24) is 15.1 Å². The minimum Gasteiger partial charge on any atom is -0.330 e. The molecule has 2 fully saturated rings. The summed E-state index contributed by atoms with van der Waals surface area (Å²) in [5, 5.41) is 2.36. The number of nitrogens with zero attached hydrogens (tertiary/aromatic N) is 2. The fourth-order valence-electron chi connectivity index (χ4n) is 4.90. The Balaban J connectivity index is 1.57. The van der Waals surface area contributed by atoms with E-state index in [1.165, 1.54) is 0 Å². The van der Waals surface area contributed by atoms with Crippen LogP contribution in [0.2, 0.25) is 0 Å². The van der Waals surface area contributed by atoms with Gasteiger partial charge in [0, 0.05) is 30.6 Å². The molecule has 150 valence electrons. The van der Waals surface area contributed by atoms with E-state index in [1.807, 2.05) is 12.1 Å². The summed E-state index contributed by atoms with van der Waals surface area (Å²) in [5.41, 5.74) is 8.78. The number of rotatable bonds is 4. The Bertz CT molecular complexity index is 835. The average molecular weight is 384 g/mol. The molecule has 2 atom stereocenters. The summed E-state index contributed by atoms with van der Waals surface area (Å²) in [6.45, 7) is 7.33. The third kappa shape index (κ3) is 3.02. The van der Waals surface area contributed by atoms with Crippen LogP contribution in [-0.4, -0.2) is 52.2 Å². The van der Waals surface area contributed by atoms with E-state index in [1.54, 1.807) is 4.90 Å². The van der Waals surface area contributed by atoms with E-state index in [0.29, 0.717) is 31.0 Å². The number of nitrogens with one attached hydrogen (secondary N) is 1. The third-order valence-electron chi connectivity index (χ3n) is 6.89. The third-order valence-corrected chi connectivity index (χ3v) is 6.89. The number of amides is 3. The van der Waals surface area contributed by atoms with Gasteiger partial charge in [-0.2, -0.15) is 0 Å². The maximum absolute atomic E-state index is 13.0. The van der Waals surface area contributed by atoms with Crippen LogP contribution < -0.4 is 11.1 Å². The van der Waals surface area contributed by atoms with Crippen LogP contribution >= 0.6 is 0 Å². The number of benzene rings is 1. The number of hydrogen-bond donors (Lipinski definition) is 2. The second kappa shape index (κ2) is 6.97. The Morgan fingerprint density at radius 1 is 1.21 bits per heavy atom. The van der Waals surface area contributed by atoms with Crippen molar-refractivity contribution in [1.29, 1.82) is 0 Å². The maximum Gasteiger partial charge on any atom is 0.255 e. The van der Waals surface area contributed by atoms with Gasteiger partial charge in [0.15, 0.2) is 0 Å². The van der Waals surface area contributed by atoms with E-state index >= 15 is 0 Å². The average Bonchev–Trinajstić information content (AvgIpc) is 3.13. The molecule has 3 aliphatic heterocycles. The van der Waals surface area contributed by atoms with Gasteiger partial charge in [0.05, 0.1) is 0 Å². The van der Waals surface area contributed by atoms with Crippen LogP contribution in [0.1, 0.15) is 54.6 Å². The van der Waals surface area contributed by atoms with Gasteiger partial charge in [0.25, 0.3) is 5.91 Å². The van der Waals surface area contributed by atoms with Crippen LogP contribution in [0.5, 0.6) is 0 Å². The van der Waals surface area contributed by atoms with E-state index in [0.717, 1.165) is 30.6 Å². The zero-order valence-corrected chi connectivity index (χ0v) is 16.5. The molecule has 0 aliphatic carbocycles. The summed E-state index contributed by atoms with van der Waals surface area (Å²) in [6.07, 6.45) is 1.74. The van der Waals surface area contributed by atoms with Gasteiger partial charge in [0.1, 0.15) is 6.04 Å². The summed E-state index contributed by atoms with van der Waals surface area (Å²) < 4.78 is 0. The molecule has 0 radical (unpaired) electrons. The topological polar surface area (TPSA) is 95.7 Å². The molecule has 4 rings (SSSR count). The van der Waals surface area contributed by atoms with Gasteiger partial charge in [-0.05, 0) is 62.9 Å². The Morgan fingerprint density at radius 3 is 2.68 bits per heavy atom. The molecule has 28 heavy (non-hydrogen) atoms. The van der Waals surface area contributed by atoms with E-state index in [-0.39, 0.29) is 29.7 Å². The molecule has 2 saturated heterocycles. The molecular formula is C21H28N4O3. The van der Waals surface area contributed by atoms with Gasteiger partial charge in [-0.25, -0.2) is 0 Å². The monoisotopic (exact) mass is 384 g/mol. The van der Waals surface area contributed by atoms with Crippen LogP contribution in [0.3, 0.4) is 0 Å². The highest BCUT2D eigenvalue weighted by atomic mass is 16.2. The fourth-order valence-corrected chi connectivity index (χ4v) is 4.90. The molecule has 3 aliphatic rings. The van der Waals surface area contributed by atoms with Gasteiger partial charge >= 0.3 is 0 Å². The Kier molecular flexibility index (Phi) is 4.75. The highest BCUT2D eigenvalue weighted by Crippen LogP contribution is 2.37. The number of carbonyl (C=O) groups is 3. The highest BCUT2D eigenvalue weighted by molar-refractivity contribution is 6.05. The van der Waals surface area contributed by atoms with E-state index in [4.69, 9.17) is 5.73 Å². The summed E-state index contributed by atoms with van der Waals surface area (Å²) in [5.74, 6) is -0.292. The Labute approximate surface area is 165 Å². The lowest BCUT2D eigenvalue weighted by Crippen LogP contribution is -2.52. The quantitative estimate of drug-likeness (QED) is 0.756. The highest BCUT2D eigenvalue weighted by Gasteiger charge is 2.42. The first-order valence-corrected chi connectivity index (χ1v) is 10.0. The molecule has 1 aromatic rings. The smallest absolute Gasteiger partial charge is 0.255 e. The van der Waals surface area contributed by atoms with Crippen molar-refractivity contribution in [2.45, 2.75) is 57.8 Å². The summed E-state index contributed by atoms with van der Waals surface area (Å²) in [4.78, 5) is 40.7. The standard InChI is InChI=1S/C21H28N4O3/c1-21(2)14(10-22)8-9-24(21)11-13-4-3-5-15-16(13)12-25(20(15)28)17-6-7-18(26)23-19(17)27/h3-5,14,17H,6-12,22H2,1-2H3,(H,23,26,27). The van der Waals surface area contributed by atoms with Crippen LogP contribution in [0.4, 0.5) is 0 Å². The molecule has 0 bridgehead atoms. The largest absolute Gasteiger partial charge is 0.330 e. The molecule has 0 spiro atoms. The van der Waals surface area contributed by atoms with Crippen LogP contribution in [0.15, 0.2) is 18.2 Å². The lowest BCUT2D eigenvalue weighted by atomic mass is 9.88. The molecule has 3 heterocycles. The van der Waals surface area contributed by atoms with Crippen LogP contribution in [0, 0.1) is 5.92 Å². The molecule has 7 heteroatoms. The maximum atomic E-state index is 13.0. The normalized spacial score (nSPS) is 27.2. The first-order chi connectivity index (χ1) is 13.3. The number of fused-ring (bicyclic) bond motifs is 1. The minimum atomic E-state index is -0.574. The number of imide groups is 1. The number of piperidine rings is 1. The van der Waals surface area contributed by atoms with Gasteiger partial charge < -0.3 is 10.6 Å². The van der Waals surface area contributed by atoms with E-state index < -0.39 is 6.04 Å². The molecule has 3 N–H and O–H groups in total. The molecule has 2 unspecified atom stereocenters. The Morgan fingerprint density at radius 2 is 2.00 bits per heavy atom. The SMILES string of the molecule is CC1(C)C(CN)CCN1Cc1cccc2c1CN(C1CCC(=O)NC1=O)C2=O. The van der Waals surface area contributed by atoms with Crippen molar-refractivity contribution in [3.63, 3.8) is 0 Å². The van der Waals surface area contributed by atoms with Crippen molar-refractivity contribution >= 4 is 17.7 Å². The fraction of sp³-hybridized carbons (Fsp3) is 0.571. The summed E-state index contributed by atoms with van der Waals surface area (Å²) in [6, 6.07) is 5.26. The number of likely N-dealkylation sites (tertiary alicyclic amines) is 1. The van der Waals surface area contributed by atoms with Gasteiger partial charge in [-0.1, -0.05) is 12.1 Å². The summed E-state index contributed by atoms with van der Waals surface area (Å²) >= 11 is 0. The predicted molar refractivity (Wildman–Crippen MR) is 104 cm³/mol. The lowest BCUT2D eigenvalue weighted by molar-refractivity contribution is -0.136. The second-order valence-corrected chi connectivity index (χ2v) is 8.64. The van der Waals surface area contributed by atoms with Crippen molar-refractivity contribution in [2.24, 2.45) is 11.7 Å². The van der Waals surface area contributed by atoms with Crippen LogP contribution in [0.25, 0.3) is 0 Å². The second-order valence-electron chi connectivity index (χ2n) is 8.64. The van der Waals surface area contributed by atoms with Crippen LogP contribution in [-0.2, 0) is 22.7 Å². The minimum absolute atomic E-state index is 0.0173. The molecular weight excluding hydrogens is 356 g/mol. The first kappa shape index (κ1) is 19.1. The molecule has 1 aromatic carbocycles. The molecule has 3 amide bonds. The van der Waals surface area contributed by atoms with Crippen molar-refractivity contribution in [3.8, 4) is 0 Å². The van der Waals surface area contributed by atoms with Gasteiger partial charge in [-0.3, -0.25) is 24.6 Å². The molecule has 0 saturated carbocycles. The van der Waals surface area contributed by atoms with E-state index in [2.05, 4.69) is 30.1 Å². The van der Waals surface area contributed by atoms with Crippen molar-refractivity contribution in [3.05, 3.63) is 34.9 Å². The predicted octanol–water partition coefficient (Wildman–Crippen LogP) is 1.01.